The van der Waals surface area contributed by atoms with Gasteiger partial charge in [-0.3, -0.25) is 0 Å². The normalized spacial score (nSPS) is 18.8. The maximum atomic E-state index is 12.8. The number of ether oxygens (including phenoxy) is 2. The Balaban J connectivity index is 1.95. The zero-order valence-electron chi connectivity index (χ0n) is 16.6. The Morgan fingerprint density at radius 2 is 2.14 bits per heavy atom. The fraction of sp³-hybridized carbons (Fsp3) is 0.476. The van der Waals surface area contributed by atoms with Gasteiger partial charge in [-0.25, -0.2) is 14.8 Å². The Hall–Kier alpha value is -2.83. The molecule has 2 N–H and O–H groups in total. The number of carbonyl (C=O) groups is 1. The molecule has 0 spiro atoms. The van der Waals surface area contributed by atoms with Crippen LogP contribution in [0.5, 0.6) is 5.88 Å². The predicted octanol–water partition coefficient (Wildman–Crippen LogP) is 3.03. The van der Waals surface area contributed by atoms with Gasteiger partial charge in [0.15, 0.2) is 0 Å². The number of imidazole rings is 1. The van der Waals surface area contributed by atoms with E-state index < -0.39 is 11.9 Å². The topological polar surface area (TPSA) is 92.3 Å². The Bertz CT molecular complexity index is 961. The van der Waals surface area contributed by atoms with Gasteiger partial charge in [0.2, 0.25) is 5.88 Å². The summed E-state index contributed by atoms with van der Waals surface area (Å²) in [7, 11) is 1.91. The zero-order valence-corrected chi connectivity index (χ0v) is 16.6. The quantitative estimate of drug-likeness (QED) is 0.648. The van der Waals surface area contributed by atoms with E-state index in [1.165, 1.54) is 0 Å². The van der Waals surface area contributed by atoms with E-state index in [0.717, 1.165) is 48.9 Å². The van der Waals surface area contributed by atoms with E-state index in [1.807, 2.05) is 17.8 Å². The van der Waals surface area contributed by atoms with E-state index in [-0.39, 0.29) is 6.61 Å². The van der Waals surface area contributed by atoms with Crippen molar-refractivity contribution in [2.24, 2.45) is 7.05 Å². The van der Waals surface area contributed by atoms with Crippen LogP contribution in [0.25, 0.3) is 0 Å². The number of pyridine rings is 1. The molecule has 28 heavy (non-hydrogen) atoms. The van der Waals surface area contributed by atoms with Crippen molar-refractivity contribution in [3.05, 3.63) is 46.4 Å². The van der Waals surface area contributed by atoms with Crippen molar-refractivity contribution in [1.29, 1.82) is 0 Å². The van der Waals surface area contributed by atoms with E-state index in [9.17, 15) is 4.79 Å². The molecule has 0 radical (unpaired) electrons. The van der Waals surface area contributed by atoms with Gasteiger partial charge in [0.25, 0.3) is 0 Å². The van der Waals surface area contributed by atoms with Crippen LogP contribution in [0.1, 0.15) is 61.7 Å². The van der Waals surface area contributed by atoms with Gasteiger partial charge in [0.05, 0.1) is 23.7 Å². The van der Waals surface area contributed by atoms with Gasteiger partial charge in [-0.2, -0.15) is 0 Å². The molecule has 0 bridgehead atoms. The second-order valence-electron chi connectivity index (χ2n) is 7.35. The third kappa shape index (κ3) is 2.95. The molecule has 1 aliphatic heterocycles. The monoisotopic (exact) mass is 382 g/mol. The van der Waals surface area contributed by atoms with Gasteiger partial charge < -0.3 is 19.8 Å². The lowest BCUT2D eigenvalue weighted by atomic mass is 9.85. The summed E-state index contributed by atoms with van der Waals surface area (Å²) in [5.41, 5.74) is 10.6. The lowest BCUT2D eigenvalue weighted by molar-refractivity contribution is -0.139. The molecule has 0 saturated carbocycles. The molecule has 7 heteroatoms. The highest BCUT2D eigenvalue weighted by atomic mass is 16.5. The highest BCUT2D eigenvalue weighted by Gasteiger charge is 2.40. The average molecular weight is 382 g/mol. The van der Waals surface area contributed by atoms with E-state index in [4.69, 9.17) is 20.2 Å². The smallest absolute Gasteiger partial charge is 0.338 e. The maximum absolute atomic E-state index is 12.8. The summed E-state index contributed by atoms with van der Waals surface area (Å²) in [6, 6.07) is 0. The van der Waals surface area contributed by atoms with Crippen LogP contribution in [0.4, 0.5) is 5.69 Å². The summed E-state index contributed by atoms with van der Waals surface area (Å²) in [4.78, 5) is 22.2. The first-order chi connectivity index (χ1) is 13.5. The minimum atomic E-state index is -0.469. The highest BCUT2D eigenvalue weighted by molar-refractivity contribution is 5.93. The Labute approximate surface area is 164 Å². The Morgan fingerprint density at radius 3 is 2.86 bits per heavy atom. The van der Waals surface area contributed by atoms with Gasteiger partial charge >= 0.3 is 5.97 Å². The van der Waals surface area contributed by atoms with Gasteiger partial charge in [0, 0.05) is 30.8 Å². The number of aromatic nitrogens is 3. The third-order valence-corrected chi connectivity index (χ3v) is 5.59. The third-order valence-electron chi connectivity index (χ3n) is 5.59. The summed E-state index contributed by atoms with van der Waals surface area (Å²) >= 11 is 0. The highest BCUT2D eigenvalue weighted by Crippen LogP contribution is 2.47. The fourth-order valence-corrected chi connectivity index (χ4v) is 4.23. The molecule has 2 aliphatic rings. The average Bonchev–Trinajstić information content (AvgIpc) is 2.93. The van der Waals surface area contributed by atoms with Gasteiger partial charge in [-0.15, -0.1) is 0 Å². The molecule has 4 rings (SSSR count). The first-order valence-electron chi connectivity index (χ1n) is 9.87. The van der Waals surface area contributed by atoms with Gasteiger partial charge in [0.1, 0.15) is 11.6 Å². The number of fused-ring (bicyclic) bond motifs is 2. The summed E-state index contributed by atoms with van der Waals surface area (Å²) < 4.78 is 13.3. The maximum Gasteiger partial charge on any atom is 0.338 e. The number of aryl methyl sites for hydroxylation is 2. The van der Waals surface area contributed by atoms with Crippen LogP contribution >= 0.6 is 0 Å². The first kappa shape index (κ1) is 18.5. The molecule has 0 aromatic carbocycles. The number of rotatable bonds is 3. The SMILES string of the molecule is CCOC(=O)C1=C(C)Oc2nc3c(c(N)c2C1c1nccn1C)CCCCC3. The van der Waals surface area contributed by atoms with Crippen molar-refractivity contribution < 1.29 is 14.3 Å². The molecule has 1 aliphatic carbocycles. The molecule has 0 fully saturated rings. The Morgan fingerprint density at radius 1 is 1.36 bits per heavy atom. The number of hydrogen-bond donors (Lipinski definition) is 1. The van der Waals surface area contributed by atoms with Crippen LogP contribution in [-0.4, -0.2) is 27.1 Å². The summed E-state index contributed by atoms with van der Waals surface area (Å²) in [5, 5.41) is 0. The van der Waals surface area contributed by atoms with Gasteiger partial charge in [-0.1, -0.05) is 6.42 Å². The predicted molar refractivity (Wildman–Crippen MR) is 105 cm³/mol. The number of esters is 1. The molecule has 0 saturated heterocycles. The second kappa shape index (κ2) is 7.30. The van der Waals surface area contributed by atoms with Crippen LogP contribution in [0.3, 0.4) is 0 Å². The fourth-order valence-electron chi connectivity index (χ4n) is 4.23. The molecule has 0 amide bonds. The number of anilines is 1. The number of nitrogen functional groups attached to an aromatic ring is 1. The van der Waals surface area contributed by atoms with Gasteiger partial charge in [-0.05, 0) is 45.1 Å². The van der Waals surface area contributed by atoms with Crippen LogP contribution in [0.15, 0.2) is 23.7 Å². The van der Waals surface area contributed by atoms with Crippen LogP contribution in [0, 0.1) is 0 Å². The molecule has 1 atom stereocenters. The first-order valence-corrected chi connectivity index (χ1v) is 9.87. The van der Waals surface area contributed by atoms with E-state index >= 15 is 0 Å². The number of carbonyl (C=O) groups excluding carboxylic acids is 1. The molecular formula is C21H26N4O3. The lowest BCUT2D eigenvalue weighted by Gasteiger charge is -2.30. The zero-order chi connectivity index (χ0) is 19.8. The standard InChI is InChI=1S/C21H26N4O3/c1-4-27-21(26)15-12(2)28-20-17(16(15)19-23-10-11-25(19)3)18(22)13-8-6-5-7-9-14(13)24-20/h10-11,16H,4-9H2,1-3H3,(H2,22,24). The number of nitrogens with zero attached hydrogens (tertiary/aromatic N) is 3. The summed E-state index contributed by atoms with van der Waals surface area (Å²) in [5.74, 6) is 0.807. The van der Waals surface area contributed by atoms with E-state index in [0.29, 0.717) is 28.7 Å². The van der Waals surface area contributed by atoms with Crippen molar-refractivity contribution in [2.45, 2.75) is 51.9 Å². The number of allylic oxidation sites excluding steroid dienone is 1. The van der Waals surface area contributed by atoms with Crippen molar-refractivity contribution in [3.63, 3.8) is 0 Å². The molecule has 7 nitrogen and oxygen atoms in total. The van der Waals surface area contributed by atoms with Crippen LogP contribution < -0.4 is 10.5 Å². The van der Waals surface area contributed by atoms with Crippen LogP contribution in [0.2, 0.25) is 0 Å². The van der Waals surface area contributed by atoms with E-state index in [1.54, 1.807) is 20.0 Å². The Kier molecular flexibility index (Phi) is 4.83. The molecule has 148 valence electrons. The number of nitrogens with two attached hydrogens (primary N) is 1. The number of hydrogen-bond acceptors (Lipinski definition) is 6. The second-order valence-corrected chi connectivity index (χ2v) is 7.35. The molecule has 2 aromatic heterocycles. The minimum Gasteiger partial charge on any atom is -0.463 e. The minimum absolute atomic E-state index is 0.285. The van der Waals surface area contributed by atoms with Crippen molar-refractivity contribution in [1.82, 2.24) is 14.5 Å². The molecule has 3 heterocycles. The summed E-state index contributed by atoms with van der Waals surface area (Å²) in [6.07, 6.45) is 8.72. The largest absolute Gasteiger partial charge is 0.463 e. The van der Waals surface area contributed by atoms with E-state index in [2.05, 4.69) is 4.98 Å². The van der Waals surface area contributed by atoms with Crippen molar-refractivity contribution in [3.8, 4) is 5.88 Å². The van der Waals surface area contributed by atoms with Crippen molar-refractivity contribution >= 4 is 11.7 Å². The summed E-state index contributed by atoms with van der Waals surface area (Å²) in [6.45, 7) is 3.85. The molecule has 1 unspecified atom stereocenters. The van der Waals surface area contributed by atoms with Crippen LogP contribution in [-0.2, 0) is 29.4 Å². The molecular weight excluding hydrogens is 356 g/mol. The van der Waals surface area contributed by atoms with Crippen molar-refractivity contribution in [2.75, 3.05) is 12.3 Å². The molecule has 2 aromatic rings. The lowest BCUT2D eigenvalue weighted by Crippen LogP contribution is -2.27.